The van der Waals surface area contributed by atoms with Crippen LogP contribution in [0.15, 0.2) is 0 Å². The molecule has 0 saturated carbocycles. The van der Waals surface area contributed by atoms with Crippen LogP contribution in [0.5, 0.6) is 0 Å². The van der Waals surface area contributed by atoms with E-state index in [0.717, 1.165) is 6.42 Å². The molecule has 0 unspecified atom stereocenters. The highest BCUT2D eigenvalue weighted by Crippen LogP contribution is 2.13. The molecule has 0 saturated heterocycles. The quantitative estimate of drug-likeness (QED) is 0.383. The van der Waals surface area contributed by atoms with Crippen molar-refractivity contribution in [3.05, 3.63) is 0 Å². The molecule has 5 nitrogen and oxygen atoms in total. The summed E-state index contributed by atoms with van der Waals surface area (Å²) in [6, 6.07) is 0. The number of methoxy groups -OCH3 is 2. The Morgan fingerprint density at radius 3 is 2.00 bits per heavy atom. The number of rotatable bonds is 7. The summed E-state index contributed by atoms with van der Waals surface area (Å²) >= 11 is 0. The smallest absolute Gasteiger partial charge is 0.320 e. The second-order valence-corrected chi connectivity index (χ2v) is 3.17. The maximum atomic E-state index is 11.2. The molecule has 0 spiro atoms. The van der Waals surface area contributed by atoms with Gasteiger partial charge < -0.3 is 14.6 Å². The predicted octanol–water partition coefficient (Wildman–Crippen LogP) is 0.501. The van der Waals surface area contributed by atoms with E-state index in [1.165, 1.54) is 14.2 Å². The van der Waals surface area contributed by atoms with Gasteiger partial charge in [0.05, 0.1) is 14.2 Å². The number of carbonyl (C=O) groups is 2. The first kappa shape index (κ1) is 13.9. The van der Waals surface area contributed by atoms with Crippen LogP contribution in [-0.2, 0) is 19.1 Å². The van der Waals surface area contributed by atoms with Gasteiger partial charge in [0, 0.05) is 6.61 Å². The van der Waals surface area contributed by atoms with E-state index in [1.54, 1.807) is 0 Å². The maximum Gasteiger partial charge on any atom is 0.320 e. The first-order valence-corrected chi connectivity index (χ1v) is 4.93. The van der Waals surface area contributed by atoms with E-state index in [4.69, 9.17) is 5.11 Å². The summed E-state index contributed by atoms with van der Waals surface area (Å²) in [6.45, 7) is 0.126. The van der Waals surface area contributed by atoms with Gasteiger partial charge in [0.25, 0.3) is 0 Å². The van der Waals surface area contributed by atoms with Crippen molar-refractivity contribution in [2.45, 2.75) is 25.7 Å². The van der Waals surface area contributed by atoms with Crippen LogP contribution in [-0.4, -0.2) is 37.9 Å². The zero-order chi connectivity index (χ0) is 11.7. The second kappa shape index (κ2) is 8.23. The van der Waals surface area contributed by atoms with E-state index < -0.39 is 17.9 Å². The molecule has 0 radical (unpaired) electrons. The Balaban J connectivity index is 4.02. The molecule has 0 aromatic rings. The van der Waals surface area contributed by atoms with E-state index in [0.29, 0.717) is 19.3 Å². The molecule has 0 amide bonds. The predicted molar refractivity (Wildman–Crippen MR) is 53.1 cm³/mol. The van der Waals surface area contributed by atoms with Gasteiger partial charge in [-0.25, -0.2) is 0 Å². The molecular weight excluding hydrogens is 200 g/mol. The lowest BCUT2D eigenvalue weighted by molar-refractivity contribution is -0.159. The molecule has 0 aromatic heterocycles. The SMILES string of the molecule is COC(=O)C(CCCCCO)C(=O)OC. The van der Waals surface area contributed by atoms with Crippen LogP contribution < -0.4 is 0 Å². The van der Waals surface area contributed by atoms with Crippen molar-refractivity contribution < 1.29 is 24.2 Å². The standard InChI is InChI=1S/C10H18O5/c1-14-9(12)8(10(13)15-2)6-4-3-5-7-11/h8,11H,3-7H2,1-2H3. The highest BCUT2D eigenvalue weighted by molar-refractivity contribution is 5.94. The second-order valence-electron chi connectivity index (χ2n) is 3.17. The number of ether oxygens (including phenoxy) is 2. The average molecular weight is 218 g/mol. The Morgan fingerprint density at radius 2 is 1.60 bits per heavy atom. The number of hydrogen-bond acceptors (Lipinski definition) is 5. The molecule has 5 heteroatoms. The number of unbranched alkanes of at least 4 members (excludes halogenated alkanes) is 2. The molecule has 0 fully saturated rings. The van der Waals surface area contributed by atoms with Gasteiger partial charge in [-0.1, -0.05) is 12.8 Å². The summed E-state index contributed by atoms with van der Waals surface area (Å²) in [5.74, 6) is -1.96. The zero-order valence-electron chi connectivity index (χ0n) is 9.19. The van der Waals surface area contributed by atoms with Crippen molar-refractivity contribution in [3.8, 4) is 0 Å². The first-order chi connectivity index (χ1) is 7.17. The van der Waals surface area contributed by atoms with E-state index in [1.807, 2.05) is 0 Å². The minimum Gasteiger partial charge on any atom is -0.468 e. The number of aliphatic hydroxyl groups is 1. The van der Waals surface area contributed by atoms with Gasteiger partial charge in [0.15, 0.2) is 5.92 Å². The largest absolute Gasteiger partial charge is 0.468 e. The average Bonchev–Trinajstić information content (AvgIpc) is 2.27. The normalized spacial score (nSPS) is 10.1. The van der Waals surface area contributed by atoms with Crippen LogP contribution in [0.2, 0.25) is 0 Å². The molecular formula is C10H18O5. The fourth-order valence-corrected chi connectivity index (χ4v) is 1.25. The van der Waals surface area contributed by atoms with Crippen LogP contribution >= 0.6 is 0 Å². The summed E-state index contributed by atoms with van der Waals surface area (Å²) in [6.07, 6.45) is 2.55. The zero-order valence-corrected chi connectivity index (χ0v) is 9.19. The first-order valence-electron chi connectivity index (χ1n) is 4.93. The molecule has 0 rings (SSSR count). The fraction of sp³-hybridized carbons (Fsp3) is 0.800. The number of esters is 2. The Hall–Kier alpha value is -1.10. The van der Waals surface area contributed by atoms with Crippen LogP contribution in [0, 0.1) is 5.92 Å². The van der Waals surface area contributed by atoms with Crippen molar-refractivity contribution >= 4 is 11.9 Å². The number of hydrogen-bond donors (Lipinski definition) is 1. The molecule has 0 aromatic carbocycles. The fourth-order valence-electron chi connectivity index (χ4n) is 1.25. The lowest BCUT2D eigenvalue weighted by Crippen LogP contribution is -2.26. The van der Waals surface area contributed by atoms with Gasteiger partial charge in [-0.15, -0.1) is 0 Å². The van der Waals surface area contributed by atoms with Crippen LogP contribution in [0.1, 0.15) is 25.7 Å². The van der Waals surface area contributed by atoms with Crippen molar-refractivity contribution in [2.24, 2.45) is 5.92 Å². The summed E-state index contributed by atoms with van der Waals surface area (Å²) in [4.78, 5) is 22.4. The minimum atomic E-state index is -0.835. The Bertz CT molecular complexity index is 186. The maximum absolute atomic E-state index is 11.2. The molecule has 1 N–H and O–H groups in total. The third kappa shape index (κ3) is 5.37. The van der Waals surface area contributed by atoms with Gasteiger partial charge in [-0.05, 0) is 12.8 Å². The summed E-state index contributed by atoms with van der Waals surface area (Å²) in [5, 5.41) is 8.56. The summed E-state index contributed by atoms with van der Waals surface area (Å²) in [7, 11) is 2.48. The van der Waals surface area contributed by atoms with Gasteiger partial charge in [-0.3, -0.25) is 9.59 Å². The molecule has 0 bridgehead atoms. The minimum absolute atomic E-state index is 0.126. The van der Waals surface area contributed by atoms with E-state index in [2.05, 4.69) is 9.47 Å². The topological polar surface area (TPSA) is 72.8 Å². The monoisotopic (exact) mass is 218 g/mol. The van der Waals surface area contributed by atoms with Crippen molar-refractivity contribution in [1.82, 2.24) is 0 Å². The van der Waals surface area contributed by atoms with Crippen molar-refractivity contribution in [2.75, 3.05) is 20.8 Å². The highest BCUT2D eigenvalue weighted by Gasteiger charge is 2.27. The molecule has 0 aliphatic carbocycles. The van der Waals surface area contributed by atoms with Gasteiger partial charge in [-0.2, -0.15) is 0 Å². The Morgan fingerprint density at radius 1 is 1.07 bits per heavy atom. The summed E-state index contributed by atoms with van der Waals surface area (Å²) in [5.41, 5.74) is 0. The van der Waals surface area contributed by atoms with E-state index in [-0.39, 0.29) is 6.61 Å². The van der Waals surface area contributed by atoms with Crippen molar-refractivity contribution in [1.29, 1.82) is 0 Å². The Kier molecular flexibility index (Phi) is 7.62. The summed E-state index contributed by atoms with van der Waals surface area (Å²) < 4.78 is 9.01. The Labute approximate surface area is 89.4 Å². The van der Waals surface area contributed by atoms with Crippen LogP contribution in [0.4, 0.5) is 0 Å². The van der Waals surface area contributed by atoms with Crippen molar-refractivity contribution in [3.63, 3.8) is 0 Å². The van der Waals surface area contributed by atoms with E-state index >= 15 is 0 Å². The molecule has 0 atom stereocenters. The van der Waals surface area contributed by atoms with Crippen LogP contribution in [0.25, 0.3) is 0 Å². The number of carbonyl (C=O) groups excluding carboxylic acids is 2. The molecule has 0 aliphatic heterocycles. The van der Waals surface area contributed by atoms with E-state index in [9.17, 15) is 9.59 Å². The third-order valence-corrected chi connectivity index (χ3v) is 2.12. The van der Waals surface area contributed by atoms with Gasteiger partial charge >= 0.3 is 11.9 Å². The van der Waals surface area contributed by atoms with Gasteiger partial charge in [0.1, 0.15) is 0 Å². The third-order valence-electron chi connectivity index (χ3n) is 2.12. The lowest BCUT2D eigenvalue weighted by Gasteiger charge is -2.11. The molecule has 15 heavy (non-hydrogen) atoms. The van der Waals surface area contributed by atoms with Crippen LogP contribution in [0.3, 0.4) is 0 Å². The molecule has 88 valence electrons. The highest BCUT2D eigenvalue weighted by atomic mass is 16.5. The van der Waals surface area contributed by atoms with Gasteiger partial charge in [0.2, 0.25) is 0 Å². The number of aliphatic hydroxyl groups excluding tert-OH is 1. The lowest BCUT2D eigenvalue weighted by atomic mass is 10.0. The molecule has 0 heterocycles. The molecule has 0 aliphatic rings.